The second-order valence-electron chi connectivity index (χ2n) is 10.2. The Hall–Kier alpha value is -2.34. The van der Waals surface area contributed by atoms with Crippen LogP contribution in [0.2, 0.25) is 0 Å². The molecule has 1 saturated heterocycles. The van der Waals surface area contributed by atoms with E-state index in [9.17, 15) is 9.59 Å². The van der Waals surface area contributed by atoms with Crippen molar-refractivity contribution in [2.24, 2.45) is 5.92 Å². The molecule has 1 N–H and O–H groups in total. The number of H-pyrrole nitrogens is 1. The molecule has 0 bridgehead atoms. The Labute approximate surface area is 189 Å². The molecule has 2 aromatic rings. The molecule has 170 valence electrons. The minimum atomic E-state index is 0.145. The third kappa shape index (κ3) is 3.53. The van der Waals surface area contributed by atoms with Crippen molar-refractivity contribution in [2.75, 3.05) is 32.7 Å². The highest BCUT2D eigenvalue weighted by molar-refractivity contribution is 5.99. The van der Waals surface area contributed by atoms with E-state index >= 15 is 0 Å². The maximum absolute atomic E-state index is 13.3. The number of aromatic amines is 1. The number of amides is 2. The molecule has 2 saturated carbocycles. The lowest BCUT2D eigenvalue weighted by atomic mass is 9.84. The molecule has 6 nitrogen and oxygen atoms in total. The molecular weight excluding hydrogens is 400 g/mol. The van der Waals surface area contributed by atoms with Crippen molar-refractivity contribution in [1.29, 1.82) is 0 Å². The van der Waals surface area contributed by atoms with Crippen LogP contribution in [0.4, 0.5) is 0 Å². The van der Waals surface area contributed by atoms with E-state index < -0.39 is 0 Å². The fourth-order valence-electron chi connectivity index (χ4n) is 6.19. The van der Waals surface area contributed by atoms with Gasteiger partial charge in [-0.15, -0.1) is 0 Å². The van der Waals surface area contributed by atoms with Crippen LogP contribution in [-0.2, 0) is 17.8 Å². The first-order chi connectivity index (χ1) is 15.7. The number of nitrogens with zero attached hydrogens (tertiary/aromatic N) is 3. The van der Waals surface area contributed by atoms with Crippen molar-refractivity contribution >= 4 is 22.7 Å². The highest BCUT2D eigenvalue weighted by atomic mass is 16.2. The molecule has 3 fully saturated rings. The zero-order chi connectivity index (χ0) is 21.7. The number of hydrogen-bond donors (Lipinski definition) is 1. The van der Waals surface area contributed by atoms with Gasteiger partial charge in [-0.1, -0.05) is 19.3 Å². The van der Waals surface area contributed by atoms with Crippen molar-refractivity contribution in [1.82, 2.24) is 19.7 Å². The molecule has 1 aromatic carbocycles. The summed E-state index contributed by atoms with van der Waals surface area (Å²) in [5.74, 6) is 0.705. The fraction of sp³-hybridized carbons (Fsp3) is 0.615. The summed E-state index contributed by atoms with van der Waals surface area (Å²) >= 11 is 0. The zero-order valence-corrected chi connectivity index (χ0v) is 18.9. The van der Waals surface area contributed by atoms with Crippen LogP contribution in [0.25, 0.3) is 10.9 Å². The summed E-state index contributed by atoms with van der Waals surface area (Å²) in [6.07, 6.45) is 9.50. The molecule has 2 aliphatic heterocycles. The van der Waals surface area contributed by atoms with Gasteiger partial charge in [-0.05, 0) is 43.9 Å². The van der Waals surface area contributed by atoms with Crippen LogP contribution < -0.4 is 0 Å². The van der Waals surface area contributed by atoms with E-state index in [1.54, 1.807) is 0 Å². The monoisotopic (exact) mass is 434 g/mol. The lowest BCUT2D eigenvalue weighted by Gasteiger charge is -2.38. The average molecular weight is 435 g/mol. The summed E-state index contributed by atoms with van der Waals surface area (Å²) < 4.78 is 0. The number of hydrogen-bond acceptors (Lipinski definition) is 3. The summed E-state index contributed by atoms with van der Waals surface area (Å²) in [5, 5.41) is 1.11. The van der Waals surface area contributed by atoms with Crippen LogP contribution in [0.3, 0.4) is 0 Å². The number of benzene rings is 1. The first kappa shape index (κ1) is 20.3. The largest absolute Gasteiger partial charge is 0.358 e. The molecule has 4 aliphatic rings. The van der Waals surface area contributed by atoms with Crippen molar-refractivity contribution in [2.45, 2.75) is 64.0 Å². The first-order valence-electron chi connectivity index (χ1n) is 12.6. The Morgan fingerprint density at radius 1 is 0.875 bits per heavy atom. The first-order valence-corrected chi connectivity index (χ1v) is 12.6. The van der Waals surface area contributed by atoms with Crippen molar-refractivity contribution < 1.29 is 9.59 Å². The van der Waals surface area contributed by atoms with Crippen LogP contribution in [0, 0.1) is 5.92 Å². The number of aromatic nitrogens is 1. The molecule has 1 aromatic heterocycles. The number of carbonyl (C=O) groups excluding carboxylic acids is 2. The Morgan fingerprint density at radius 2 is 1.66 bits per heavy atom. The number of rotatable bonds is 3. The number of nitrogens with one attached hydrogen (secondary N) is 1. The van der Waals surface area contributed by atoms with E-state index in [0.29, 0.717) is 12.5 Å². The number of fused-ring (bicyclic) bond motifs is 3. The second-order valence-corrected chi connectivity index (χ2v) is 10.2. The molecule has 0 spiro atoms. The van der Waals surface area contributed by atoms with Gasteiger partial charge in [-0.25, -0.2) is 0 Å². The average Bonchev–Trinajstić information content (AvgIpc) is 3.45. The van der Waals surface area contributed by atoms with Crippen molar-refractivity contribution in [3.63, 3.8) is 0 Å². The minimum Gasteiger partial charge on any atom is -0.358 e. The van der Waals surface area contributed by atoms with Gasteiger partial charge in [0.05, 0.1) is 0 Å². The van der Waals surface area contributed by atoms with E-state index in [0.717, 1.165) is 74.5 Å². The van der Waals surface area contributed by atoms with E-state index in [1.807, 2.05) is 21.9 Å². The van der Waals surface area contributed by atoms with E-state index in [4.69, 9.17) is 0 Å². The normalized spacial score (nSPS) is 22.9. The third-order valence-corrected chi connectivity index (χ3v) is 8.43. The van der Waals surface area contributed by atoms with Crippen LogP contribution in [-0.4, -0.2) is 70.3 Å². The minimum absolute atomic E-state index is 0.145. The molecule has 32 heavy (non-hydrogen) atoms. The van der Waals surface area contributed by atoms with E-state index in [-0.39, 0.29) is 11.8 Å². The van der Waals surface area contributed by atoms with Crippen molar-refractivity contribution in [3.05, 3.63) is 35.0 Å². The van der Waals surface area contributed by atoms with Gasteiger partial charge < -0.3 is 14.8 Å². The van der Waals surface area contributed by atoms with Crippen LogP contribution in [0.15, 0.2) is 18.2 Å². The lowest BCUT2D eigenvalue weighted by molar-refractivity contribution is -0.139. The molecule has 2 amide bonds. The standard InChI is InChI=1S/C26H34N4O2/c31-25(18-4-3-5-18)30-11-10-24-22(17-30)21-16-19(8-9-23(21)27-24)26(32)29-14-12-28(13-15-29)20-6-1-2-7-20/h8-9,16,18,20,27H,1-7,10-15,17H2. The second kappa shape index (κ2) is 8.22. The fourth-order valence-corrected chi connectivity index (χ4v) is 6.19. The number of piperazine rings is 1. The lowest BCUT2D eigenvalue weighted by Crippen LogP contribution is -2.51. The summed E-state index contributed by atoms with van der Waals surface area (Å²) in [6, 6.07) is 6.81. The topological polar surface area (TPSA) is 59.7 Å². The number of carbonyl (C=O) groups is 2. The van der Waals surface area contributed by atoms with Gasteiger partial charge in [0.25, 0.3) is 5.91 Å². The molecule has 3 heterocycles. The highest BCUT2D eigenvalue weighted by Gasteiger charge is 2.33. The third-order valence-electron chi connectivity index (χ3n) is 8.43. The quantitative estimate of drug-likeness (QED) is 0.804. The van der Waals surface area contributed by atoms with Gasteiger partial charge in [0.15, 0.2) is 0 Å². The summed E-state index contributed by atoms with van der Waals surface area (Å²) in [6.45, 7) is 5.10. The van der Waals surface area contributed by atoms with E-state index in [2.05, 4.69) is 16.0 Å². The van der Waals surface area contributed by atoms with Gasteiger partial charge in [0.2, 0.25) is 5.91 Å². The molecule has 6 rings (SSSR count). The van der Waals surface area contributed by atoms with Gasteiger partial charge in [-0.2, -0.15) is 0 Å². The maximum atomic E-state index is 13.3. The van der Waals surface area contributed by atoms with E-state index in [1.165, 1.54) is 43.4 Å². The highest BCUT2D eigenvalue weighted by Crippen LogP contribution is 2.33. The van der Waals surface area contributed by atoms with Gasteiger partial charge in [0, 0.05) is 85.4 Å². The SMILES string of the molecule is O=C(c1ccc2[nH]c3c(c2c1)CN(C(=O)C1CCC1)CC3)N1CCN(C2CCCC2)CC1. The Bertz CT molecular complexity index is 1030. The van der Waals surface area contributed by atoms with Gasteiger partial charge >= 0.3 is 0 Å². The Balaban J connectivity index is 1.18. The van der Waals surface area contributed by atoms with Crippen LogP contribution >= 0.6 is 0 Å². The molecular formula is C26H34N4O2. The summed E-state index contributed by atoms with van der Waals surface area (Å²) in [5.41, 5.74) is 4.29. The maximum Gasteiger partial charge on any atom is 0.253 e. The Morgan fingerprint density at radius 3 is 2.38 bits per heavy atom. The molecule has 0 unspecified atom stereocenters. The molecule has 0 radical (unpaired) electrons. The van der Waals surface area contributed by atoms with Crippen molar-refractivity contribution in [3.8, 4) is 0 Å². The Kier molecular flexibility index (Phi) is 5.21. The molecule has 0 atom stereocenters. The predicted octanol–water partition coefficient (Wildman–Crippen LogP) is 3.55. The summed E-state index contributed by atoms with van der Waals surface area (Å²) in [7, 11) is 0. The summed E-state index contributed by atoms with van der Waals surface area (Å²) in [4.78, 5) is 36.3. The molecule has 2 aliphatic carbocycles. The van der Waals surface area contributed by atoms with Gasteiger partial charge in [0.1, 0.15) is 0 Å². The van der Waals surface area contributed by atoms with Crippen LogP contribution in [0.5, 0.6) is 0 Å². The van der Waals surface area contributed by atoms with Gasteiger partial charge in [-0.3, -0.25) is 14.5 Å². The predicted molar refractivity (Wildman–Crippen MR) is 124 cm³/mol. The molecule has 6 heteroatoms. The smallest absolute Gasteiger partial charge is 0.253 e. The van der Waals surface area contributed by atoms with Crippen LogP contribution in [0.1, 0.15) is 66.6 Å². The zero-order valence-electron chi connectivity index (χ0n) is 18.9.